The smallest absolute Gasteiger partial charge is 0.233 e. The zero-order chi connectivity index (χ0) is 23.8. The topological polar surface area (TPSA) is 63.9 Å². The Bertz CT molecular complexity index is 1560. The Hall–Kier alpha value is -3.71. The molecule has 0 aliphatic carbocycles. The van der Waals surface area contributed by atoms with Crippen molar-refractivity contribution in [2.45, 2.75) is 31.6 Å². The SMILES string of the molecule is Cc1cccc(Cn2c3ccccc3c3nnc(SCC(=O)N4CCc5ccccc5C4)nc32)c1. The highest BCUT2D eigenvalue weighted by atomic mass is 32.2. The minimum atomic E-state index is 0.105. The molecule has 174 valence electrons. The van der Waals surface area contributed by atoms with Gasteiger partial charge in [-0.2, -0.15) is 0 Å². The van der Waals surface area contributed by atoms with Gasteiger partial charge >= 0.3 is 0 Å². The van der Waals surface area contributed by atoms with E-state index in [0.717, 1.165) is 35.0 Å². The van der Waals surface area contributed by atoms with Crippen molar-refractivity contribution in [1.82, 2.24) is 24.6 Å². The summed E-state index contributed by atoms with van der Waals surface area (Å²) in [4.78, 5) is 19.7. The van der Waals surface area contributed by atoms with E-state index in [9.17, 15) is 4.79 Å². The Kier molecular flexibility index (Phi) is 5.70. The first kappa shape index (κ1) is 21.8. The van der Waals surface area contributed by atoms with Crippen molar-refractivity contribution in [2.24, 2.45) is 0 Å². The van der Waals surface area contributed by atoms with Crippen molar-refractivity contribution < 1.29 is 4.79 Å². The first-order valence-electron chi connectivity index (χ1n) is 11.8. The molecule has 1 amide bonds. The van der Waals surface area contributed by atoms with Crippen molar-refractivity contribution >= 4 is 39.7 Å². The molecular formula is C28H25N5OS. The number of para-hydroxylation sites is 1. The normalized spacial score (nSPS) is 13.3. The van der Waals surface area contributed by atoms with E-state index in [1.165, 1.54) is 34.0 Å². The predicted molar refractivity (Wildman–Crippen MR) is 139 cm³/mol. The summed E-state index contributed by atoms with van der Waals surface area (Å²) in [6.45, 7) is 4.21. The number of rotatable bonds is 5. The molecule has 0 unspecified atom stereocenters. The molecule has 0 N–H and O–H groups in total. The predicted octanol–water partition coefficient (Wildman–Crippen LogP) is 5.01. The van der Waals surface area contributed by atoms with E-state index < -0.39 is 0 Å². The van der Waals surface area contributed by atoms with Crippen LogP contribution in [-0.2, 0) is 24.3 Å². The first-order valence-corrected chi connectivity index (χ1v) is 12.8. The monoisotopic (exact) mass is 479 g/mol. The fraction of sp³-hybridized carbons (Fsp3) is 0.214. The molecule has 1 aliphatic rings. The van der Waals surface area contributed by atoms with Crippen molar-refractivity contribution in [3.8, 4) is 0 Å². The second kappa shape index (κ2) is 9.15. The number of amides is 1. The van der Waals surface area contributed by atoms with Crippen LogP contribution in [-0.4, -0.2) is 42.9 Å². The lowest BCUT2D eigenvalue weighted by Crippen LogP contribution is -2.37. The van der Waals surface area contributed by atoms with Crippen LogP contribution >= 0.6 is 11.8 Å². The Morgan fingerprint density at radius 3 is 2.69 bits per heavy atom. The van der Waals surface area contributed by atoms with Gasteiger partial charge in [-0.3, -0.25) is 4.79 Å². The molecule has 0 spiro atoms. The minimum absolute atomic E-state index is 0.105. The fourth-order valence-electron chi connectivity index (χ4n) is 4.83. The van der Waals surface area contributed by atoms with Gasteiger partial charge in [-0.25, -0.2) is 4.98 Å². The summed E-state index contributed by atoms with van der Waals surface area (Å²) in [5.74, 6) is 0.404. The van der Waals surface area contributed by atoms with Gasteiger partial charge < -0.3 is 9.47 Å². The number of aromatic nitrogens is 4. The van der Waals surface area contributed by atoms with Gasteiger partial charge in [0.15, 0.2) is 5.65 Å². The van der Waals surface area contributed by atoms with Crippen LogP contribution in [0.25, 0.3) is 22.1 Å². The van der Waals surface area contributed by atoms with E-state index in [1.807, 2.05) is 23.1 Å². The van der Waals surface area contributed by atoms with Crippen molar-refractivity contribution in [2.75, 3.05) is 12.3 Å². The van der Waals surface area contributed by atoms with Crippen LogP contribution < -0.4 is 0 Å². The second-order valence-electron chi connectivity index (χ2n) is 8.98. The largest absolute Gasteiger partial charge is 0.337 e. The molecule has 3 aromatic carbocycles. The average molecular weight is 480 g/mol. The standard InChI is InChI=1S/C28H25N5OS/c1-19-7-6-8-20(15-19)16-33-24-12-5-4-11-23(24)26-27(33)29-28(31-30-26)35-18-25(34)32-14-13-21-9-2-3-10-22(21)17-32/h2-12,15H,13-14,16-18H2,1H3. The van der Waals surface area contributed by atoms with Crippen molar-refractivity contribution in [3.05, 3.63) is 95.1 Å². The zero-order valence-corrected chi connectivity index (χ0v) is 20.3. The van der Waals surface area contributed by atoms with Crippen molar-refractivity contribution in [3.63, 3.8) is 0 Å². The van der Waals surface area contributed by atoms with Crippen LogP contribution in [0, 0.1) is 6.92 Å². The molecule has 0 saturated heterocycles. The molecule has 0 bridgehead atoms. The molecular weight excluding hydrogens is 454 g/mol. The number of carbonyl (C=O) groups is 1. The lowest BCUT2D eigenvalue weighted by molar-refractivity contribution is -0.129. The Morgan fingerprint density at radius 1 is 0.971 bits per heavy atom. The second-order valence-corrected chi connectivity index (χ2v) is 9.92. The van der Waals surface area contributed by atoms with E-state index in [4.69, 9.17) is 4.98 Å². The maximum absolute atomic E-state index is 12.9. The van der Waals surface area contributed by atoms with Crippen LogP contribution in [0.5, 0.6) is 0 Å². The number of fused-ring (bicyclic) bond motifs is 4. The van der Waals surface area contributed by atoms with Gasteiger partial charge in [-0.15, -0.1) is 10.2 Å². The molecule has 35 heavy (non-hydrogen) atoms. The molecule has 6 nitrogen and oxygen atoms in total. The summed E-state index contributed by atoms with van der Waals surface area (Å²) in [6.07, 6.45) is 0.898. The highest BCUT2D eigenvalue weighted by Gasteiger charge is 2.21. The molecule has 2 aromatic heterocycles. The van der Waals surface area contributed by atoms with Crippen LogP contribution in [0.3, 0.4) is 0 Å². The van der Waals surface area contributed by atoms with Crippen LogP contribution in [0.1, 0.15) is 22.3 Å². The first-order chi connectivity index (χ1) is 17.2. The third-order valence-corrected chi connectivity index (χ3v) is 7.41. The van der Waals surface area contributed by atoms with Gasteiger partial charge in [0.1, 0.15) is 5.52 Å². The molecule has 7 heteroatoms. The number of nitrogens with zero attached hydrogens (tertiary/aromatic N) is 5. The van der Waals surface area contributed by atoms with Gasteiger partial charge in [-0.1, -0.05) is 84.1 Å². The Balaban J connectivity index is 1.26. The molecule has 0 radical (unpaired) electrons. The molecule has 6 rings (SSSR count). The van der Waals surface area contributed by atoms with Gasteiger partial charge in [-0.05, 0) is 36.1 Å². The van der Waals surface area contributed by atoms with E-state index in [2.05, 4.69) is 76.3 Å². The Labute approximate surface area is 208 Å². The van der Waals surface area contributed by atoms with Crippen LogP contribution in [0.15, 0.2) is 78.0 Å². The lowest BCUT2D eigenvalue weighted by Gasteiger charge is -2.28. The van der Waals surface area contributed by atoms with Gasteiger partial charge in [0, 0.05) is 25.0 Å². The quantitative estimate of drug-likeness (QED) is 0.332. The average Bonchev–Trinajstić information content (AvgIpc) is 3.20. The van der Waals surface area contributed by atoms with E-state index in [1.54, 1.807) is 0 Å². The summed E-state index contributed by atoms with van der Waals surface area (Å²) >= 11 is 1.36. The summed E-state index contributed by atoms with van der Waals surface area (Å²) in [5, 5.41) is 10.5. The van der Waals surface area contributed by atoms with E-state index in [-0.39, 0.29) is 5.91 Å². The number of aryl methyl sites for hydroxylation is 1. The molecule has 1 aliphatic heterocycles. The number of carbonyl (C=O) groups excluding carboxylic acids is 1. The fourth-order valence-corrected chi connectivity index (χ4v) is 5.51. The van der Waals surface area contributed by atoms with E-state index in [0.29, 0.717) is 24.0 Å². The molecule has 3 heterocycles. The maximum atomic E-state index is 12.9. The number of thioether (sulfide) groups is 1. The summed E-state index contributed by atoms with van der Waals surface area (Å²) < 4.78 is 2.20. The molecule has 0 fully saturated rings. The van der Waals surface area contributed by atoms with Gasteiger partial charge in [0.05, 0.1) is 11.3 Å². The third kappa shape index (κ3) is 4.28. The maximum Gasteiger partial charge on any atom is 0.233 e. The molecule has 0 atom stereocenters. The van der Waals surface area contributed by atoms with Crippen LogP contribution in [0.4, 0.5) is 0 Å². The molecule has 5 aromatic rings. The zero-order valence-electron chi connectivity index (χ0n) is 19.5. The van der Waals surface area contributed by atoms with Gasteiger partial charge in [0.2, 0.25) is 11.1 Å². The van der Waals surface area contributed by atoms with Crippen LogP contribution in [0.2, 0.25) is 0 Å². The molecule has 0 saturated carbocycles. The number of benzene rings is 3. The lowest BCUT2D eigenvalue weighted by atomic mass is 10.00. The number of hydrogen-bond acceptors (Lipinski definition) is 5. The highest BCUT2D eigenvalue weighted by Crippen LogP contribution is 2.28. The third-order valence-electron chi connectivity index (χ3n) is 6.59. The highest BCUT2D eigenvalue weighted by molar-refractivity contribution is 7.99. The summed E-state index contributed by atoms with van der Waals surface area (Å²) in [7, 11) is 0. The summed E-state index contributed by atoms with van der Waals surface area (Å²) in [5.41, 5.74) is 7.67. The minimum Gasteiger partial charge on any atom is -0.337 e. The van der Waals surface area contributed by atoms with Gasteiger partial charge in [0.25, 0.3) is 0 Å². The van der Waals surface area contributed by atoms with E-state index >= 15 is 0 Å². The summed E-state index contributed by atoms with van der Waals surface area (Å²) in [6, 6.07) is 25.1. The van der Waals surface area contributed by atoms with Crippen molar-refractivity contribution in [1.29, 1.82) is 0 Å². The Morgan fingerprint density at radius 2 is 1.80 bits per heavy atom. The number of hydrogen-bond donors (Lipinski definition) is 0.